The molecule has 1 aliphatic rings. The third kappa shape index (κ3) is 1.87. The van der Waals surface area contributed by atoms with E-state index in [1.165, 1.54) is 6.07 Å². The lowest BCUT2D eigenvalue weighted by atomic mass is 9.82. The van der Waals surface area contributed by atoms with Gasteiger partial charge >= 0.3 is 5.51 Å². The smallest absolute Gasteiger partial charge is 0.214 e. The van der Waals surface area contributed by atoms with E-state index in [-0.39, 0.29) is 0 Å². The van der Waals surface area contributed by atoms with E-state index in [0.717, 1.165) is 23.5 Å². The summed E-state index contributed by atoms with van der Waals surface area (Å²) < 4.78 is 62.7. The summed E-state index contributed by atoms with van der Waals surface area (Å²) in [4.78, 5) is -0.708. The van der Waals surface area contributed by atoms with Gasteiger partial charge in [0.2, 0.25) is 5.69 Å². The lowest BCUT2D eigenvalue weighted by Crippen LogP contribution is -2.26. The Bertz CT molecular complexity index is 716. The van der Waals surface area contributed by atoms with Crippen molar-refractivity contribution in [3.05, 3.63) is 23.8 Å². The molecule has 0 aliphatic carbocycles. The van der Waals surface area contributed by atoms with Gasteiger partial charge in [-0.3, -0.25) is 0 Å². The average Bonchev–Trinajstić information content (AvgIpc) is 2.50. The van der Waals surface area contributed by atoms with Crippen LogP contribution in [0.2, 0.25) is 0 Å². The monoisotopic (exact) mass is 306 g/mol. The van der Waals surface area contributed by atoms with Crippen LogP contribution in [0.3, 0.4) is 0 Å². The van der Waals surface area contributed by atoms with Crippen molar-refractivity contribution in [2.75, 3.05) is 7.05 Å². The summed E-state index contributed by atoms with van der Waals surface area (Å²) in [5.74, 6) is 0. The summed E-state index contributed by atoms with van der Waals surface area (Å²) in [5, 5.41) is 0. The van der Waals surface area contributed by atoms with Gasteiger partial charge < -0.3 is 0 Å². The number of hydrogen-bond donors (Lipinski definition) is 0. The number of alkyl halides is 3. The van der Waals surface area contributed by atoms with Crippen LogP contribution >= 0.6 is 0 Å². The molecule has 0 amide bonds. The van der Waals surface area contributed by atoms with Crippen molar-refractivity contribution in [1.29, 1.82) is 0 Å². The second kappa shape index (κ2) is 4.07. The van der Waals surface area contributed by atoms with Crippen molar-refractivity contribution in [1.82, 2.24) is 0 Å². The molecule has 110 valence electrons. The van der Waals surface area contributed by atoms with Gasteiger partial charge in [-0.15, -0.1) is 0 Å². The maximum absolute atomic E-state index is 12.6. The Morgan fingerprint density at radius 1 is 1.20 bits per heavy atom. The predicted octanol–water partition coefficient (Wildman–Crippen LogP) is 3.01. The Labute approximate surface area is 115 Å². The molecule has 0 radical (unpaired) electrons. The Kier molecular flexibility index (Phi) is 3.05. The van der Waals surface area contributed by atoms with Gasteiger partial charge in [0, 0.05) is 18.6 Å². The minimum absolute atomic E-state index is 0.499. The van der Waals surface area contributed by atoms with E-state index in [0.29, 0.717) is 5.56 Å². The number of fused-ring (bicyclic) bond motifs is 1. The Morgan fingerprint density at radius 3 is 2.25 bits per heavy atom. The van der Waals surface area contributed by atoms with Crippen LogP contribution in [0.1, 0.15) is 26.3 Å². The Balaban J connectivity index is 2.68. The van der Waals surface area contributed by atoms with Gasteiger partial charge in [0.05, 0.1) is 10.3 Å². The minimum Gasteiger partial charge on any atom is -0.214 e. The summed E-state index contributed by atoms with van der Waals surface area (Å²) in [6, 6.07) is 3.56. The molecule has 1 heterocycles. The van der Waals surface area contributed by atoms with E-state index in [2.05, 4.69) is 0 Å². The van der Waals surface area contributed by atoms with Crippen LogP contribution < -0.4 is 0 Å². The fourth-order valence-corrected chi connectivity index (χ4v) is 3.19. The molecule has 1 aromatic rings. The highest BCUT2D eigenvalue weighted by molar-refractivity contribution is 7.92. The molecule has 0 aromatic heterocycles. The second-order valence-corrected chi connectivity index (χ2v) is 7.34. The van der Waals surface area contributed by atoms with Crippen LogP contribution in [0.15, 0.2) is 23.1 Å². The summed E-state index contributed by atoms with van der Waals surface area (Å²) in [5.41, 5.74) is -3.51. The first-order chi connectivity index (χ1) is 8.90. The van der Waals surface area contributed by atoms with E-state index in [1.54, 1.807) is 7.05 Å². The average molecular weight is 306 g/mol. The van der Waals surface area contributed by atoms with Crippen LogP contribution in [-0.2, 0) is 15.3 Å². The highest BCUT2D eigenvalue weighted by Crippen LogP contribution is 2.41. The molecule has 0 unspecified atom stereocenters. The zero-order valence-corrected chi connectivity index (χ0v) is 12.4. The molecule has 0 N–H and O–H groups in total. The Morgan fingerprint density at radius 2 is 1.75 bits per heavy atom. The maximum atomic E-state index is 12.6. The van der Waals surface area contributed by atoms with Gasteiger partial charge in [0.15, 0.2) is 5.71 Å². The molecular formula is C13H15F3NO2S+. The topological polar surface area (TPSA) is 37.1 Å². The quantitative estimate of drug-likeness (QED) is 0.748. The van der Waals surface area contributed by atoms with Gasteiger partial charge in [-0.25, -0.2) is 13.0 Å². The van der Waals surface area contributed by atoms with Crippen molar-refractivity contribution < 1.29 is 26.2 Å². The van der Waals surface area contributed by atoms with Crippen molar-refractivity contribution in [2.24, 2.45) is 0 Å². The highest BCUT2D eigenvalue weighted by Gasteiger charge is 2.49. The second-order valence-electron chi connectivity index (χ2n) is 5.40. The number of nitrogens with zero attached hydrogens (tertiary/aromatic N) is 1. The molecular weight excluding hydrogens is 291 g/mol. The molecule has 0 atom stereocenters. The fourth-order valence-electron chi connectivity index (χ4n) is 2.40. The molecule has 2 rings (SSSR count). The zero-order valence-electron chi connectivity index (χ0n) is 11.5. The van der Waals surface area contributed by atoms with Crippen molar-refractivity contribution in [2.45, 2.75) is 36.6 Å². The van der Waals surface area contributed by atoms with Crippen LogP contribution in [0, 0.1) is 0 Å². The van der Waals surface area contributed by atoms with E-state index >= 15 is 0 Å². The first-order valence-corrected chi connectivity index (χ1v) is 7.42. The molecule has 0 bridgehead atoms. The summed E-state index contributed by atoms with van der Waals surface area (Å²) in [6.07, 6.45) is 0. The number of hydrogen-bond acceptors (Lipinski definition) is 2. The highest BCUT2D eigenvalue weighted by atomic mass is 32.2. The van der Waals surface area contributed by atoms with Crippen LogP contribution in [0.25, 0.3) is 0 Å². The summed E-state index contributed by atoms with van der Waals surface area (Å²) >= 11 is 0. The van der Waals surface area contributed by atoms with Crippen LogP contribution in [-0.4, -0.2) is 31.3 Å². The van der Waals surface area contributed by atoms with Gasteiger partial charge in [-0.05, 0) is 26.0 Å². The van der Waals surface area contributed by atoms with E-state index in [1.807, 2.05) is 25.3 Å². The van der Waals surface area contributed by atoms with Gasteiger partial charge in [0.25, 0.3) is 9.84 Å². The molecule has 1 aliphatic heterocycles. The van der Waals surface area contributed by atoms with E-state index in [4.69, 9.17) is 0 Å². The molecule has 0 saturated carbocycles. The zero-order chi connectivity index (χ0) is 15.5. The number of sulfone groups is 1. The normalized spacial score (nSPS) is 18.4. The third-order valence-corrected chi connectivity index (χ3v) is 5.51. The molecule has 7 heteroatoms. The van der Waals surface area contributed by atoms with Gasteiger partial charge in [0.1, 0.15) is 7.05 Å². The first kappa shape index (κ1) is 15.0. The van der Waals surface area contributed by atoms with Crippen LogP contribution in [0.4, 0.5) is 18.9 Å². The molecule has 1 aromatic carbocycles. The first-order valence-electron chi connectivity index (χ1n) is 5.94. The summed E-state index contributed by atoms with van der Waals surface area (Å²) in [6.45, 7) is 5.58. The van der Waals surface area contributed by atoms with Gasteiger partial charge in [-0.1, -0.05) is 0 Å². The minimum atomic E-state index is -5.31. The number of benzene rings is 1. The molecule has 0 fully saturated rings. The number of rotatable bonds is 1. The predicted molar refractivity (Wildman–Crippen MR) is 69.2 cm³/mol. The lowest BCUT2D eigenvalue weighted by Gasteiger charge is -2.16. The Hall–Kier alpha value is -1.37. The van der Waals surface area contributed by atoms with Crippen LogP contribution in [0.5, 0.6) is 0 Å². The fraction of sp³-hybridized carbons (Fsp3) is 0.462. The largest absolute Gasteiger partial charge is 0.501 e. The van der Waals surface area contributed by atoms with E-state index in [9.17, 15) is 21.6 Å². The van der Waals surface area contributed by atoms with Crippen molar-refractivity contribution in [3.63, 3.8) is 0 Å². The number of halogens is 3. The summed E-state index contributed by atoms with van der Waals surface area (Å²) in [7, 11) is -3.50. The molecule has 3 nitrogen and oxygen atoms in total. The van der Waals surface area contributed by atoms with E-state index < -0.39 is 25.7 Å². The molecule has 0 saturated heterocycles. The lowest BCUT2D eigenvalue weighted by molar-refractivity contribution is -0.403. The molecule has 20 heavy (non-hydrogen) atoms. The van der Waals surface area contributed by atoms with Gasteiger partial charge in [-0.2, -0.15) is 13.2 Å². The standard InChI is InChI=1S/C13H15F3NO2S/c1-8-12(2,3)10-7-9(5-6-11(10)17(8)4)20(18,19)13(14,15)16/h5-7H,1-4H3/q+1. The third-order valence-electron chi connectivity index (χ3n) is 4.03. The molecule has 0 spiro atoms. The SMILES string of the molecule is CC1=[N+](C)c2ccc(S(=O)(=O)C(F)(F)F)cc2C1(C)C. The maximum Gasteiger partial charge on any atom is 0.501 e. The van der Waals surface area contributed by atoms with Crippen molar-refractivity contribution in [3.8, 4) is 0 Å². The van der Waals surface area contributed by atoms with Crippen molar-refractivity contribution >= 4 is 21.2 Å².